The van der Waals surface area contributed by atoms with E-state index in [-0.39, 0.29) is 0 Å². The first kappa shape index (κ1) is 14.8. The van der Waals surface area contributed by atoms with Crippen LogP contribution < -0.4 is 9.80 Å². The minimum Gasteiger partial charge on any atom is -0.357 e. The van der Waals surface area contributed by atoms with Gasteiger partial charge < -0.3 is 9.80 Å². The molecule has 0 atom stereocenters. The molecule has 0 bridgehead atoms. The van der Waals surface area contributed by atoms with E-state index in [4.69, 9.17) is 4.98 Å². The maximum absolute atomic E-state index is 4.70. The van der Waals surface area contributed by atoms with Gasteiger partial charge in [-0.15, -0.1) is 0 Å². The van der Waals surface area contributed by atoms with Crippen LogP contribution in [0.5, 0.6) is 0 Å². The van der Waals surface area contributed by atoms with Crippen molar-refractivity contribution < 1.29 is 0 Å². The number of anilines is 3. The zero-order valence-corrected chi connectivity index (χ0v) is 13.7. The first-order chi connectivity index (χ1) is 10.7. The zero-order chi connectivity index (χ0) is 15.5. The molecule has 0 saturated heterocycles. The quantitative estimate of drug-likeness (QED) is 0.861. The van der Waals surface area contributed by atoms with Gasteiger partial charge in [0.2, 0.25) is 0 Å². The Morgan fingerprint density at radius 1 is 1.14 bits per heavy atom. The average Bonchev–Trinajstić information content (AvgIpc) is 2.55. The number of hydrogen-bond acceptors (Lipinski definition) is 4. The molecule has 0 amide bonds. The Kier molecular flexibility index (Phi) is 4.27. The molecule has 22 heavy (non-hydrogen) atoms. The number of rotatable bonds is 4. The Morgan fingerprint density at radius 2 is 1.91 bits per heavy atom. The average molecular weight is 296 g/mol. The van der Waals surface area contributed by atoms with Crippen LogP contribution in [0.2, 0.25) is 0 Å². The van der Waals surface area contributed by atoms with E-state index in [1.807, 2.05) is 6.92 Å². The van der Waals surface area contributed by atoms with E-state index < -0.39 is 0 Å². The fourth-order valence-corrected chi connectivity index (χ4v) is 3.16. The molecule has 0 spiro atoms. The van der Waals surface area contributed by atoms with Crippen LogP contribution in [0, 0.1) is 6.92 Å². The molecule has 116 valence electrons. The number of nitrogens with zero attached hydrogens (tertiary/aromatic N) is 4. The summed E-state index contributed by atoms with van der Waals surface area (Å²) in [5.74, 6) is 2.87. The largest absolute Gasteiger partial charge is 0.357 e. The number of aryl methyl sites for hydroxylation is 2. The summed E-state index contributed by atoms with van der Waals surface area (Å²) < 4.78 is 0. The molecule has 0 saturated carbocycles. The van der Waals surface area contributed by atoms with Crippen LogP contribution in [0.4, 0.5) is 17.3 Å². The van der Waals surface area contributed by atoms with Gasteiger partial charge in [0, 0.05) is 31.4 Å². The molecule has 1 aromatic carbocycles. The Hall–Kier alpha value is -2.10. The molecule has 0 N–H and O–H groups in total. The minimum atomic E-state index is 0.836. The van der Waals surface area contributed by atoms with Gasteiger partial charge in [-0.1, -0.05) is 18.2 Å². The lowest BCUT2D eigenvalue weighted by Crippen LogP contribution is -2.27. The fraction of sp³-hybridized carbons (Fsp3) is 0.444. The second kappa shape index (κ2) is 6.34. The smallest absolute Gasteiger partial charge is 0.138 e. The van der Waals surface area contributed by atoms with Crippen molar-refractivity contribution in [2.75, 3.05) is 29.4 Å². The Bertz CT molecular complexity index is 649. The summed E-state index contributed by atoms with van der Waals surface area (Å²) in [6.45, 7) is 9.25. The second-order valence-corrected chi connectivity index (χ2v) is 5.69. The molecule has 3 rings (SSSR count). The Labute approximate surface area is 132 Å². The van der Waals surface area contributed by atoms with E-state index in [0.717, 1.165) is 43.5 Å². The van der Waals surface area contributed by atoms with Gasteiger partial charge in [-0.05, 0) is 45.2 Å². The lowest BCUT2D eigenvalue weighted by Gasteiger charge is -2.31. The van der Waals surface area contributed by atoms with Crippen molar-refractivity contribution in [2.45, 2.75) is 33.6 Å². The van der Waals surface area contributed by atoms with Crippen molar-refractivity contribution in [1.82, 2.24) is 9.97 Å². The van der Waals surface area contributed by atoms with E-state index in [1.54, 1.807) is 0 Å². The predicted octanol–water partition coefficient (Wildman–Crippen LogP) is 3.72. The first-order valence-electron chi connectivity index (χ1n) is 8.19. The highest BCUT2D eigenvalue weighted by Gasteiger charge is 2.20. The lowest BCUT2D eigenvalue weighted by molar-refractivity contribution is 0.754. The molecule has 4 heteroatoms. The fourth-order valence-electron chi connectivity index (χ4n) is 3.16. The molecule has 0 unspecified atom stereocenters. The van der Waals surface area contributed by atoms with Gasteiger partial charge in [-0.2, -0.15) is 0 Å². The SMILES string of the molecule is CCN(CC)c1cc(N2CCCc3ccccc32)nc(C)n1. The Morgan fingerprint density at radius 3 is 2.68 bits per heavy atom. The number of benzene rings is 1. The summed E-state index contributed by atoms with van der Waals surface area (Å²) >= 11 is 0. The third kappa shape index (κ3) is 2.78. The molecule has 1 aliphatic heterocycles. The highest BCUT2D eigenvalue weighted by molar-refractivity contribution is 5.67. The van der Waals surface area contributed by atoms with Gasteiger partial charge >= 0.3 is 0 Å². The normalized spacial score (nSPS) is 13.9. The third-order valence-corrected chi connectivity index (χ3v) is 4.29. The van der Waals surface area contributed by atoms with E-state index in [0.29, 0.717) is 0 Å². The molecule has 0 fully saturated rings. The predicted molar refractivity (Wildman–Crippen MR) is 92.1 cm³/mol. The monoisotopic (exact) mass is 296 g/mol. The maximum Gasteiger partial charge on any atom is 0.138 e. The topological polar surface area (TPSA) is 32.3 Å². The van der Waals surface area contributed by atoms with Gasteiger partial charge in [-0.25, -0.2) is 9.97 Å². The second-order valence-electron chi connectivity index (χ2n) is 5.69. The van der Waals surface area contributed by atoms with Crippen LogP contribution in [0.1, 0.15) is 31.7 Å². The van der Waals surface area contributed by atoms with Gasteiger partial charge in [0.25, 0.3) is 0 Å². The lowest BCUT2D eigenvalue weighted by atomic mass is 10.0. The van der Waals surface area contributed by atoms with Gasteiger partial charge in [0.15, 0.2) is 0 Å². The van der Waals surface area contributed by atoms with E-state index >= 15 is 0 Å². The zero-order valence-electron chi connectivity index (χ0n) is 13.7. The van der Waals surface area contributed by atoms with Gasteiger partial charge in [-0.3, -0.25) is 0 Å². The summed E-state index contributed by atoms with van der Waals surface area (Å²) in [5.41, 5.74) is 2.70. The molecular weight excluding hydrogens is 272 g/mol. The summed E-state index contributed by atoms with van der Waals surface area (Å²) in [6, 6.07) is 10.8. The summed E-state index contributed by atoms with van der Waals surface area (Å²) in [6.07, 6.45) is 2.32. The van der Waals surface area contributed by atoms with Crippen LogP contribution in [0.15, 0.2) is 30.3 Å². The van der Waals surface area contributed by atoms with E-state index in [9.17, 15) is 0 Å². The van der Waals surface area contributed by atoms with Gasteiger partial charge in [0.1, 0.15) is 17.5 Å². The molecule has 0 aliphatic carbocycles. The first-order valence-corrected chi connectivity index (χ1v) is 8.19. The van der Waals surface area contributed by atoms with E-state index in [2.05, 4.69) is 59.0 Å². The van der Waals surface area contributed by atoms with Crippen LogP contribution >= 0.6 is 0 Å². The molecule has 4 nitrogen and oxygen atoms in total. The van der Waals surface area contributed by atoms with Crippen molar-refractivity contribution in [3.8, 4) is 0 Å². The highest BCUT2D eigenvalue weighted by atomic mass is 15.2. The molecule has 1 aliphatic rings. The number of aromatic nitrogens is 2. The Balaban J connectivity index is 2.02. The standard InChI is InChI=1S/C18H24N4/c1-4-21(5-2)17-13-18(20-14(3)19-17)22-12-8-10-15-9-6-7-11-16(15)22/h6-7,9,11,13H,4-5,8,10,12H2,1-3H3. The number of fused-ring (bicyclic) bond motifs is 1. The molecule has 2 aromatic rings. The van der Waals surface area contributed by atoms with Gasteiger partial charge in [0.05, 0.1) is 0 Å². The van der Waals surface area contributed by atoms with Crippen molar-refractivity contribution in [2.24, 2.45) is 0 Å². The maximum atomic E-state index is 4.70. The van der Waals surface area contributed by atoms with E-state index in [1.165, 1.54) is 17.7 Å². The minimum absolute atomic E-state index is 0.836. The van der Waals surface area contributed by atoms with Crippen LogP contribution in [0.25, 0.3) is 0 Å². The molecule has 2 heterocycles. The molecule has 1 aromatic heterocycles. The highest BCUT2D eigenvalue weighted by Crippen LogP contribution is 2.33. The summed E-state index contributed by atoms with van der Waals surface area (Å²) in [5, 5.41) is 0. The summed E-state index contributed by atoms with van der Waals surface area (Å²) in [7, 11) is 0. The number of para-hydroxylation sites is 1. The summed E-state index contributed by atoms with van der Waals surface area (Å²) in [4.78, 5) is 13.9. The van der Waals surface area contributed by atoms with Crippen LogP contribution in [0.3, 0.4) is 0 Å². The van der Waals surface area contributed by atoms with Crippen molar-refractivity contribution >= 4 is 17.3 Å². The molecule has 0 radical (unpaired) electrons. The van der Waals surface area contributed by atoms with Crippen LogP contribution in [-0.4, -0.2) is 29.6 Å². The van der Waals surface area contributed by atoms with Crippen molar-refractivity contribution in [1.29, 1.82) is 0 Å². The van der Waals surface area contributed by atoms with Crippen LogP contribution in [-0.2, 0) is 6.42 Å². The molecular formula is C18H24N4. The number of hydrogen-bond donors (Lipinski definition) is 0. The van der Waals surface area contributed by atoms with Crippen molar-refractivity contribution in [3.63, 3.8) is 0 Å². The third-order valence-electron chi connectivity index (χ3n) is 4.29. The van der Waals surface area contributed by atoms with Crippen molar-refractivity contribution in [3.05, 3.63) is 41.7 Å².